The number of anilines is 1. The molecule has 1 amide bonds. The number of carbonyl (C=O) groups is 1. The molecule has 0 bridgehead atoms. The Morgan fingerprint density at radius 3 is 2.86 bits per heavy atom. The SMILES string of the molecule is Cc1nc(Sc2nnnn2-c2ccccc2)c2c3c(sc2n1)CC(C(=O)Nc1ccc(F)cn1)CC3. The molecule has 12 heteroatoms. The molecule has 1 aromatic carbocycles. The second-order valence-electron chi connectivity index (χ2n) is 8.36. The summed E-state index contributed by atoms with van der Waals surface area (Å²) in [7, 11) is 0. The number of para-hydroxylation sites is 1. The van der Waals surface area contributed by atoms with E-state index in [1.54, 1.807) is 16.0 Å². The van der Waals surface area contributed by atoms with Crippen LogP contribution in [0.2, 0.25) is 0 Å². The fourth-order valence-electron chi connectivity index (χ4n) is 4.28. The first-order valence-electron chi connectivity index (χ1n) is 11.3. The molecular weight excluding hydrogens is 499 g/mol. The number of nitrogens with zero attached hydrogens (tertiary/aromatic N) is 7. The first-order valence-corrected chi connectivity index (χ1v) is 12.9. The third kappa shape index (κ3) is 4.33. The highest BCUT2D eigenvalue weighted by Crippen LogP contribution is 2.42. The number of amides is 1. The van der Waals surface area contributed by atoms with Crippen molar-refractivity contribution in [1.82, 2.24) is 35.2 Å². The minimum atomic E-state index is -0.441. The average molecular weight is 519 g/mol. The molecule has 0 saturated heterocycles. The van der Waals surface area contributed by atoms with E-state index in [0.717, 1.165) is 38.4 Å². The maximum absolute atomic E-state index is 13.1. The summed E-state index contributed by atoms with van der Waals surface area (Å²) in [5.74, 6) is 0.256. The van der Waals surface area contributed by atoms with Gasteiger partial charge in [-0.3, -0.25) is 4.79 Å². The number of rotatable bonds is 5. The summed E-state index contributed by atoms with van der Waals surface area (Å²) in [6.07, 6.45) is 3.11. The van der Waals surface area contributed by atoms with Gasteiger partial charge in [0, 0.05) is 16.2 Å². The van der Waals surface area contributed by atoms with Gasteiger partial charge in [-0.15, -0.1) is 16.4 Å². The zero-order valence-corrected chi connectivity index (χ0v) is 20.7. The van der Waals surface area contributed by atoms with E-state index in [4.69, 9.17) is 4.98 Å². The lowest BCUT2D eigenvalue weighted by molar-refractivity contribution is -0.120. The zero-order valence-electron chi connectivity index (χ0n) is 19.1. The Hall–Kier alpha value is -3.77. The number of carbonyl (C=O) groups excluding carboxylic acids is 1. The van der Waals surface area contributed by atoms with Crippen LogP contribution < -0.4 is 5.32 Å². The number of aryl methyl sites for hydroxylation is 2. The van der Waals surface area contributed by atoms with E-state index < -0.39 is 5.82 Å². The summed E-state index contributed by atoms with van der Waals surface area (Å²) in [6.45, 7) is 1.87. The molecule has 1 N–H and O–H groups in total. The van der Waals surface area contributed by atoms with Gasteiger partial charge < -0.3 is 5.32 Å². The topological polar surface area (TPSA) is 111 Å². The Morgan fingerprint density at radius 1 is 1.19 bits per heavy atom. The van der Waals surface area contributed by atoms with Gasteiger partial charge in [-0.25, -0.2) is 19.3 Å². The van der Waals surface area contributed by atoms with E-state index in [9.17, 15) is 9.18 Å². The highest BCUT2D eigenvalue weighted by Gasteiger charge is 2.30. The minimum absolute atomic E-state index is 0.115. The number of hydrogen-bond acceptors (Lipinski definition) is 9. The first kappa shape index (κ1) is 22.7. The number of tetrazole rings is 1. The van der Waals surface area contributed by atoms with Gasteiger partial charge in [-0.1, -0.05) is 18.2 Å². The molecule has 4 aromatic heterocycles. The first-order chi connectivity index (χ1) is 17.5. The van der Waals surface area contributed by atoms with Gasteiger partial charge >= 0.3 is 0 Å². The van der Waals surface area contributed by atoms with Crippen LogP contribution in [0.15, 0.2) is 58.8 Å². The molecule has 180 valence electrons. The summed E-state index contributed by atoms with van der Waals surface area (Å²) in [6, 6.07) is 12.5. The smallest absolute Gasteiger partial charge is 0.229 e. The Kier molecular flexibility index (Phi) is 5.89. The average Bonchev–Trinajstić information content (AvgIpc) is 3.49. The van der Waals surface area contributed by atoms with Gasteiger partial charge in [-0.05, 0) is 78.2 Å². The monoisotopic (exact) mass is 518 g/mol. The normalized spacial score (nSPS) is 15.1. The van der Waals surface area contributed by atoms with Crippen molar-refractivity contribution >= 4 is 45.0 Å². The van der Waals surface area contributed by atoms with E-state index >= 15 is 0 Å². The number of thiophene rings is 1. The molecule has 1 aliphatic carbocycles. The molecule has 0 spiro atoms. The van der Waals surface area contributed by atoms with Crippen LogP contribution in [0.25, 0.3) is 15.9 Å². The Bertz CT molecular complexity index is 1570. The standard InChI is InChI=1S/C24H19FN8OS2/c1-13-27-22-20(23(28-13)36-24-30-31-32-33(24)16-5-3-2-4-6-16)17-9-7-14(11-18(17)35-22)21(34)29-19-10-8-15(25)12-26-19/h2-6,8,10,12,14H,7,9,11H2,1H3,(H,26,29,34). The van der Waals surface area contributed by atoms with Crippen LogP contribution >= 0.6 is 23.1 Å². The molecule has 5 aromatic rings. The van der Waals surface area contributed by atoms with Crippen molar-refractivity contribution in [3.05, 3.63) is 70.7 Å². The summed E-state index contributed by atoms with van der Waals surface area (Å²) in [4.78, 5) is 28.3. The van der Waals surface area contributed by atoms with Crippen molar-refractivity contribution in [2.75, 3.05) is 5.32 Å². The molecule has 0 saturated carbocycles. The van der Waals surface area contributed by atoms with E-state index in [1.165, 1.54) is 29.5 Å². The van der Waals surface area contributed by atoms with Gasteiger partial charge in [0.05, 0.1) is 11.9 Å². The van der Waals surface area contributed by atoms with Gasteiger partial charge in [0.25, 0.3) is 0 Å². The Balaban J connectivity index is 1.29. The van der Waals surface area contributed by atoms with E-state index in [1.807, 2.05) is 37.3 Å². The van der Waals surface area contributed by atoms with Crippen LogP contribution in [0, 0.1) is 18.7 Å². The summed E-state index contributed by atoms with van der Waals surface area (Å²) < 4.78 is 14.8. The molecule has 1 unspecified atom stereocenters. The molecule has 0 fully saturated rings. The van der Waals surface area contributed by atoms with Gasteiger partial charge in [-0.2, -0.15) is 4.68 Å². The van der Waals surface area contributed by atoms with Crippen molar-refractivity contribution in [2.24, 2.45) is 5.92 Å². The molecule has 4 heterocycles. The lowest BCUT2D eigenvalue weighted by atomic mass is 9.87. The fraction of sp³-hybridized carbons (Fsp3) is 0.208. The molecule has 6 rings (SSSR count). The summed E-state index contributed by atoms with van der Waals surface area (Å²) in [5.41, 5.74) is 2.05. The number of fused-ring (bicyclic) bond motifs is 3. The highest BCUT2D eigenvalue weighted by molar-refractivity contribution is 7.99. The fourth-order valence-corrected chi connectivity index (χ4v) is 6.67. The van der Waals surface area contributed by atoms with E-state index in [-0.39, 0.29) is 11.8 Å². The van der Waals surface area contributed by atoms with Crippen LogP contribution in [-0.4, -0.2) is 41.1 Å². The van der Waals surface area contributed by atoms with Crippen molar-refractivity contribution in [3.63, 3.8) is 0 Å². The van der Waals surface area contributed by atoms with Gasteiger partial charge in [0.15, 0.2) is 0 Å². The van der Waals surface area contributed by atoms with Crippen molar-refractivity contribution in [3.8, 4) is 5.69 Å². The minimum Gasteiger partial charge on any atom is -0.310 e. The largest absolute Gasteiger partial charge is 0.310 e. The molecule has 1 atom stereocenters. The molecule has 9 nitrogen and oxygen atoms in total. The number of hydrogen-bond donors (Lipinski definition) is 1. The summed E-state index contributed by atoms with van der Waals surface area (Å²) >= 11 is 3.01. The third-order valence-electron chi connectivity index (χ3n) is 5.97. The maximum Gasteiger partial charge on any atom is 0.229 e. The highest BCUT2D eigenvalue weighted by atomic mass is 32.2. The summed E-state index contributed by atoms with van der Waals surface area (Å²) in [5, 5.41) is 17.5. The number of benzene rings is 1. The number of nitrogens with one attached hydrogen (secondary N) is 1. The molecule has 0 radical (unpaired) electrons. The number of halogens is 1. The van der Waals surface area contributed by atoms with Crippen LogP contribution in [0.4, 0.5) is 10.2 Å². The predicted octanol–water partition coefficient (Wildman–Crippen LogP) is 4.40. The predicted molar refractivity (Wildman–Crippen MR) is 134 cm³/mol. The maximum atomic E-state index is 13.1. The number of aromatic nitrogens is 7. The van der Waals surface area contributed by atoms with E-state index in [0.29, 0.717) is 29.6 Å². The zero-order chi connectivity index (χ0) is 24.6. The van der Waals surface area contributed by atoms with Gasteiger partial charge in [0.1, 0.15) is 27.3 Å². The second-order valence-corrected chi connectivity index (χ2v) is 10.4. The van der Waals surface area contributed by atoms with E-state index in [2.05, 4.69) is 30.8 Å². The number of pyridine rings is 1. The van der Waals surface area contributed by atoms with Gasteiger partial charge in [0.2, 0.25) is 11.1 Å². The Morgan fingerprint density at radius 2 is 2.06 bits per heavy atom. The van der Waals surface area contributed by atoms with Crippen LogP contribution in [0.1, 0.15) is 22.7 Å². The van der Waals surface area contributed by atoms with Crippen molar-refractivity contribution in [1.29, 1.82) is 0 Å². The lowest BCUT2D eigenvalue weighted by Crippen LogP contribution is -2.27. The lowest BCUT2D eigenvalue weighted by Gasteiger charge is -2.21. The third-order valence-corrected chi connectivity index (χ3v) is 8.04. The van der Waals surface area contributed by atoms with Crippen LogP contribution in [0.3, 0.4) is 0 Å². The molecule has 0 aliphatic heterocycles. The van der Waals surface area contributed by atoms with Crippen LogP contribution in [-0.2, 0) is 17.6 Å². The molecular formula is C24H19FN8OS2. The second kappa shape index (κ2) is 9.36. The van der Waals surface area contributed by atoms with Crippen molar-refractivity contribution < 1.29 is 9.18 Å². The Labute approximate surface area is 213 Å². The molecule has 1 aliphatic rings. The molecule has 36 heavy (non-hydrogen) atoms. The quantitative estimate of drug-likeness (QED) is 0.341. The van der Waals surface area contributed by atoms with Crippen LogP contribution in [0.5, 0.6) is 0 Å². The van der Waals surface area contributed by atoms with Crippen molar-refractivity contribution in [2.45, 2.75) is 36.4 Å².